The summed E-state index contributed by atoms with van der Waals surface area (Å²) >= 11 is 0. The summed E-state index contributed by atoms with van der Waals surface area (Å²) in [5.41, 5.74) is 1.99. The van der Waals surface area contributed by atoms with Gasteiger partial charge in [-0.3, -0.25) is 14.6 Å². The molecular weight excluding hydrogens is 420 g/mol. The van der Waals surface area contributed by atoms with Gasteiger partial charge in [0.2, 0.25) is 11.8 Å². The van der Waals surface area contributed by atoms with Crippen molar-refractivity contribution in [3.63, 3.8) is 0 Å². The Bertz CT molecular complexity index is 995. The Balaban J connectivity index is 1.87. The number of carbonyl (C=O) groups excluding carboxylic acids is 2. The summed E-state index contributed by atoms with van der Waals surface area (Å²) in [6.45, 7) is 6.27. The van der Waals surface area contributed by atoms with Crippen LogP contribution in [0, 0.1) is 5.92 Å². The number of aliphatic hydroxyl groups is 1. The molecule has 1 N–H and O–H groups in total. The quantitative estimate of drug-likeness (QED) is 0.693. The first-order valence-electron chi connectivity index (χ1n) is 11.2. The van der Waals surface area contributed by atoms with Crippen LogP contribution in [-0.4, -0.2) is 75.6 Å². The minimum absolute atomic E-state index is 0.0471. The van der Waals surface area contributed by atoms with E-state index in [1.54, 1.807) is 47.6 Å². The van der Waals surface area contributed by atoms with Crippen molar-refractivity contribution in [3.8, 4) is 5.88 Å². The number of carbonyl (C=O) groups is 2. The zero-order valence-electron chi connectivity index (χ0n) is 19.6. The molecule has 0 unspecified atom stereocenters. The summed E-state index contributed by atoms with van der Waals surface area (Å²) in [5.74, 6) is -0.124. The number of allylic oxidation sites excluding steroid dienone is 1. The van der Waals surface area contributed by atoms with Gasteiger partial charge in [0, 0.05) is 38.1 Å². The fourth-order valence-electron chi connectivity index (χ4n) is 3.80. The van der Waals surface area contributed by atoms with Gasteiger partial charge < -0.3 is 19.6 Å². The van der Waals surface area contributed by atoms with E-state index in [0.717, 1.165) is 11.1 Å². The zero-order chi connectivity index (χ0) is 24.0. The minimum Gasteiger partial charge on any atom is -0.472 e. The zero-order valence-corrected chi connectivity index (χ0v) is 19.6. The number of rotatable bonds is 7. The summed E-state index contributed by atoms with van der Waals surface area (Å²) in [7, 11) is 1.75. The third kappa shape index (κ3) is 5.96. The summed E-state index contributed by atoms with van der Waals surface area (Å²) < 4.78 is 6.23. The van der Waals surface area contributed by atoms with Gasteiger partial charge in [-0.2, -0.15) is 0 Å². The van der Waals surface area contributed by atoms with Gasteiger partial charge in [0.1, 0.15) is 11.7 Å². The van der Waals surface area contributed by atoms with Gasteiger partial charge in [0.25, 0.3) is 5.91 Å². The van der Waals surface area contributed by atoms with Crippen LogP contribution in [0.25, 0.3) is 6.08 Å². The lowest BCUT2D eigenvalue weighted by atomic mass is 9.99. The van der Waals surface area contributed by atoms with E-state index < -0.39 is 0 Å². The molecule has 2 aromatic rings. The number of ether oxygens (including phenoxy) is 1. The van der Waals surface area contributed by atoms with Crippen molar-refractivity contribution in [2.45, 2.75) is 39.3 Å². The molecule has 176 valence electrons. The van der Waals surface area contributed by atoms with E-state index in [1.807, 2.05) is 39.0 Å². The maximum absolute atomic E-state index is 13.3. The monoisotopic (exact) mass is 452 g/mol. The van der Waals surface area contributed by atoms with Crippen LogP contribution in [0.2, 0.25) is 0 Å². The van der Waals surface area contributed by atoms with Crippen LogP contribution in [0.4, 0.5) is 0 Å². The number of aromatic nitrogens is 2. The standard InChI is InChI=1S/C25H32N4O4/c1-5-7-19-10-21-24(27-13-19)33-22(17(2)14-29(25(21)32)18(3)16-30)15-28(4)23(31)11-20-8-6-9-26-12-20/h5-10,12-13,17-18,22,30H,11,14-16H2,1-4H3/b7-5+/t17-,18+,22+/m1/s1. The fraction of sp³-hybridized carbons (Fsp3) is 0.440. The predicted molar refractivity (Wildman–Crippen MR) is 126 cm³/mol. The Labute approximate surface area is 194 Å². The van der Waals surface area contributed by atoms with E-state index in [4.69, 9.17) is 4.74 Å². The van der Waals surface area contributed by atoms with Crippen molar-refractivity contribution >= 4 is 17.9 Å². The number of hydrogen-bond acceptors (Lipinski definition) is 6. The van der Waals surface area contributed by atoms with Gasteiger partial charge in [-0.05, 0) is 37.1 Å². The molecule has 8 nitrogen and oxygen atoms in total. The van der Waals surface area contributed by atoms with Crippen LogP contribution in [0.15, 0.2) is 42.9 Å². The van der Waals surface area contributed by atoms with Crippen molar-refractivity contribution in [3.05, 3.63) is 59.6 Å². The fourth-order valence-corrected chi connectivity index (χ4v) is 3.80. The lowest BCUT2D eigenvalue weighted by Crippen LogP contribution is -2.50. The lowest BCUT2D eigenvalue weighted by Gasteiger charge is -2.37. The Morgan fingerprint density at radius 1 is 1.42 bits per heavy atom. The highest BCUT2D eigenvalue weighted by Crippen LogP contribution is 2.27. The van der Waals surface area contributed by atoms with E-state index >= 15 is 0 Å². The van der Waals surface area contributed by atoms with E-state index in [9.17, 15) is 14.7 Å². The second-order valence-electron chi connectivity index (χ2n) is 8.56. The van der Waals surface area contributed by atoms with Crippen LogP contribution in [0.5, 0.6) is 5.88 Å². The molecule has 0 bridgehead atoms. The molecule has 0 saturated carbocycles. The molecule has 0 aromatic carbocycles. The summed E-state index contributed by atoms with van der Waals surface area (Å²) in [4.78, 5) is 37.9. The molecule has 3 rings (SSSR count). The largest absolute Gasteiger partial charge is 0.472 e. The normalized spacial score (nSPS) is 19.4. The highest BCUT2D eigenvalue weighted by molar-refractivity contribution is 5.97. The second-order valence-corrected chi connectivity index (χ2v) is 8.56. The van der Waals surface area contributed by atoms with Gasteiger partial charge in [0.05, 0.1) is 25.6 Å². The third-order valence-corrected chi connectivity index (χ3v) is 5.86. The maximum Gasteiger partial charge on any atom is 0.259 e. The van der Waals surface area contributed by atoms with Crippen LogP contribution in [0.3, 0.4) is 0 Å². The number of pyridine rings is 2. The Morgan fingerprint density at radius 2 is 2.21 bits per heavy atom. The minimum atomic E-state index is -0.381. The number of nitrogens with zero attached hydrogens (tertiary/aromatic N) is 4. The van der Waals surface area contributed by atoms with Gasteiger partial charge in [-0.1, -0.05) is 25.1 Å². The molecule has 3 atom stereocenters. The number of likely N-dealkylation sites (N-methyl/N-ethyl adjacent to an activating group) is 1. The number of hydrogen-bond donors (Lipinski definition) is 1. The topological polar surface area (TPSA) is 95.9 Å². The van der Waals surface area contributed by atoms with Crippen molar-refractivity contribution < 1.29 is 19.4 Å². The predicted octanol–water partition coefficient (Wildman–Crippen LogP) is 2.43. The molecule has 1 aliphatic heterocycles. The van der Waals surface area contributed by atoms with Crippen LogP contribution in [-0.2, 0) is 11.2 Å². The molecule has 2 amide bonds. The molecule has 8 heteroatoms. The molecular formula is C25H32N4O4. The molecule has 0 aliphatic carbocycles. The van der Waals surface area contributed by atoms with E-state index in [0.29, 0.717) is 18.7 Å². The van der Waals surface area contributed by atoms with Gasteiger partial charge in [0.15, 0.2) is 0 Å². The van der Waals surface area contributed by atoms with Crippen LogP contribution < -0.4 is 4.74 Å². The van der Waals surface area contributed by atoms with E-state index in [-0.39, 0.29) is 48.8 Å². The second kappa shape index (κ2) is 11.0. The highest BCUT2D eigenvalue weighted by atomic mass is 16.5. The molecule has 33 heavy (non-hydrogen) atoms. The van der Waals surface area contributed by atoms with Gasteiger partial charge in [-0.15, -0.1) is 0 Å². The van der Waals surface area contributed by atoms with Crippen molar-refractivity contribution in [1.82, 2.24) is 19.8 Å². The molecule has 0 spiro atoms. The van der Waals surface area contributed by atoms with E-state index in [2.05, 4.69) is 9.97 Å². The molecule has 0 saturated heterocycles. The first-order valence-corrected chi connectivity index (χ1v) is 11.2. The number of amides is 2. The van der Waals surface area contributed by atoms with Crippen LogP contribution >= 0.6 is 0 Å². The average Bonchev–Trinajstić information content (AvgIpc) is 2.82. The van der Waals surface area contributed by atoms with Crippen molar-refractivity contribution in [2.24, 2.45) is 5.92 Å². The molecule has 1 aliphatic rings. The smallest absolute Gasteiger partial charge is 0.259 e. The SMILES string of the molecule is C/C=C/c1cnc2c(c1)C(=O)N([C@@H](C)CO)C[C@@H](C)[C@H](CN(C)C(=O)Cc1cccnc1)O2. The molecule has 3 heterocycles. The van der Waals surface area contributed by atoms with Gasteiger partial charge in [-0.25, -0.2) is 4.98 Å². The van der Waals surface area contributed by atoms with Crippen molar-refractivity contribution in [1.29, 1.82) is 0 Å². The first kappa shape index (κ1) is 24.4. The highest BCUT2D eigenvalue weighted by Gasteiger charge is 2.34. The van der Waals surface area contributed by atoms with Crippen molar-refractivity contribution in [2.75, 3.05) is 26.7 Å². The Hall–Kier alpha value is -3.26. The third-order valence-electron chi connectivity index (χ3n) is 5.86. The summed E-state index contributed by atoms with van der Waals surface area (Å²) in [6.07, 6.45) is 8.63. The average molecular weight is 453 g/mol. The Morgan fingerprint density at radius 3 is 2.88 bits per heavy atom. The van der Waals surface area contributed by atoms with E-state index in [1.165, 1.54) is 0 Å². The first-order chi connectivity index (χ1) is 15.8. The molecule has 2 aromatic heterocycles. The number of fused-ring (bicyclic) bond motifs is 1. The lowest BCUT2D eigenvalue weighted by molar-refractivity contribution is -0.130. The summed E-state index contributed by atoms with van der Waals surface area (Å²) in [5, 5.41) is 9.75. The molecule has 0 fully saturated rings. The summed E-state index contributed by atoms with van der Waals surface area (Å²) in [6, 6.07) is 5.07. The Kier molecular flexibility index (Phi) is 8.16. The van der Waals surface area contributed by atoms with Crippen LogP contribution in [0.1, 0.15) is 42.3 Å². The van der Waals surface area contributed by atoms with Gasteiger partial charge >= 0.3 is 0 Å². The maximum atomic E-state index is 13.3. The number of aliphatic hydroxyl groups excluding tert-OH is 1. The molecule has 0 radical (unpaired) electrons.